The van der Waals surface area contributed by atoms with E-state index < -0.39 is 6.04 Å². The molecule has 0 aromatic heterocycles. The third-order valence-electron chi connectivity index (χ3n) is 4.82. The molecule has 0 radical (unpaired) electrons. The smallest absolute Gasteiger partial charge is 0.242 e. The highest BCUT2D eigenvalue weighted by Gasteiger charge is 2.28. The summed E-state index contributed by atoms with van der Waals surface area (Å²) in [5.41, 5.74) is 2.21. The second kappa shape index (κ2) is 13.5. The molecule has 6 heteroatoms. The molecule has 0 heterocycles. The second-order valence-corrected chi connectivity index (χ2v) is 9.10. The number of hydrogen-bond acceptors (Lipinski definition) is 3. The van der Waals surface area contributed by atoms with E-state index in [0.29, 0.717) is 25.3 Å². The van der Waals surface area contributed by atoms with Gasteiger partial charge in [0.05, 0.1) is 5.75 Å². The molecule has 4 nitrogen and oxygen atoms in total. The molecule has 0 aliphatic carbocycles. The van der Waals surface area contributed by atoms with Crippen molar-refractivity contribution in [2.45, 2.75) is 51.4 Å². The normalized spacial score (nSPS) is 11.7. The van der Waals surface area contributed by atoms with Crippen LogP contribution in [0.1, 0.15) is 44.2 Å². The standard InChI is InChI=1S/C24H31BrN2O2S/c1-3-5-15-26-24(29)22(4-2)27(16-19-9-7-6-8-10-19)23(28)18-30-17-20-11-13-21(25)14-12-20/h6-14,22H,3-5,15-18H2,1-2H3,(H,26,29)/t22-/m1/s1. The monoisotopic (exact) mass is 490 g/mol. The van der Waals surface area contributed by atoms with Crippen LogP contribution in [0.25, 0.3) is 0 Å². The van der Waals surface area contributed by atoms with Crippen LogP contribution in [0.2, 0.25) is 0 Å². The Bertz CT molecular complexity index is 784. The maximum absolute atomic E-state index is 13.1. The zero-order valence-corrected chi connectivity index (χ0v) is 20.2. The molecule has 0 saturated heterocycles. The summed E-state index contributed by atoms with van der Waals surface area (Å²) in [6.07, 6.45) is 2.56. The van der Waals surface area contributed by atoms with E-state index >= 15 is 0 Å². The minimum atomic E-state index is -0.456. The van der Waals surface area contributed by atoms with Gasteiger partial charge in [-0.3, -0.25) is 9.59 Å². The van der Waals surface area contributed by atoms with Gasteiger partial charge in [-0.2, -0.15) is 0 Å². The lowest BCUT2D eigenvalue weighted by Gasteiger charge is -2.30. The molecule has 2 aromatic carbocycles. The number of halogens is 1. The first kappa shape index (κ1) is 24.5. The lowest BCUT2D eigenvalue weighted by Crippen LogP contribution is -2.49. The van der Waals surface area contributed by atoms with Crippen LogP contribution in [0.5, 0.6) is 0 Å². The lowest BCUT2D eigenvalue weighted by molar-refractivity contribution is -0.139. The molecule has 0 bridgehead atoms. The molecule has 0 fully saturated rings. The molecule has 0 aliphatic heterocycles. The summed E-state index contributed by atoms with van der Waals surface area (Å²) in [7, 11) is 0. The van der Waals surface area contributed by atoms with Crippen LogP contribution in [0.4, 0.5) is 0 Å². The van der Waals surface area contributed by atoms with Crippen LogP contribution in [-0.4, -0.2) is 35.1 Å². The number of unbranched alkanes of at least 4 members (excludes halogenated alkanes) is 1. The van der Waals surface area contributed by atoms with E-state index in [-0.39, 0.29) is 11.8 Å². The number of amides is 2. The summed E-state index contributed by atoms with van der Waals surface area (Å²) in [5.74, 6) is 1.05. The first-order chi connectivity index (χ1) is 14.5. The van der Waals surface area contributed by atoms with Gasteiger partial charge in [0.15, 0.2) is 0 Å². The van der Waals surface area contributed by atoms with Gasteiger partial charge in [0.1, 0.15) is 6.04 Å². The Hall–Kier alpha value is -1.79. The number of carbonyl (C=O) groups is 2. The molecule has 0 aliphatic rings. The van der Waals surface area contributed by atoms with Crippen LogP contribution in [0, 0.1) is 0 Å². The van der Waals surface area contributed by atoms with Gasteiger partial charge in [0, 0.05) is 23.3 Å². The van der Waals surface area contributed by atoms with Gasteiger partial charge >= 0.3 is 0 Å². The molecule has 1 atom stereocenters. The van der Waals surface area contributed by atoms with Gasteiger partial charge in [-0.15, -0.1) is 11.8 Å². The average Bonchev–Trinajstić information content (AvgIpc) is 2.76. The van der Waals surface area contributed by atoms with Crippen LogP contribution < -0.4 is 5.32 Å². The highest BCUT2D eigenvalue weighted by molar-refractivity contribution is 9.10. The van der Waals surface area contributed by atoms with Crippen molar-refractivity contribution in [2.75, 3.05) is 12.3 Å². The Balaban J connectivity index is 2.05. The highest BCUT2D eigenvalue weighted by atomic mass is 79.9. The summed E-state index contributed by atoms with van der Waals surface area (Å²) in [4.78, 5) is 27.7. The molecule has 30 heavy (non-hydrogen) atoms. The summed E-state index contributed by atoms with van der Waals surface area (Å²) in [6, 6.07) is 17.5. The van der Waals surface area contributed by atoms with Crippen molar-refractivity contribution in [3.8, 4) is 0 Å². The van der Waals surface area contributed by atoms with Crippen molar-refractivity contribution in [2.24, 2.45) is 0 Å². The summed E-state index contributed by atoms with van der Waals surface area (Å²) in [5, 5.41) is 3.00. The number of nitrogens with zero attached hydrogens (tertiary/aromatic N) is 1. The first-order valence-electron chi connectivity index (χ1n) is 10.5. The fourth-order valence-electron chi connectivity index (χ4n) is 3.13. The largest absolute Gasteiger partial charge is 0.354 e. The zero-order valence-electron chi connectivity index (χ0n) is 17.8. The summed E-state index contributed by atoms with van der Waals surface area (Å²) < 4.78 is 1.04. The minimum Gasteiger partial charge on any atom is -0.354 e. The van der Waals surface area contributed by atoms with E-state index in [2.05, 4.69) is 40.3 Å². The molecule has 0 unspecified atom stereocenters. The highest BCUT2D eigenvalue weighted by Crippen LogP contribution is 2.18. The van der Waals surface area contributed by atoms with E-state index in [1.807, 2.05) is 49.4 Å². The first-order valence-corrected chi connectivity index (χ1v) is 12.4. The lowest BCUT2D eigenvalue weighted by atomic mass is 10.1. The van der Waals surface area contributed by atoms with Crippen LogP contribution in [0.15, 0.2) is 59.1 Å². The van der Waals surface area contributed by atoms with E-state index in [4.69, 9.17) is 0 Å². The number of thioether (sulfide) groups is 1. The zero-order chi connectivity index (χ0) is 21.8. The number of nitrogens with one attached hydrogen (secondary N) is 1. The maximum Gasteiger partial charge on any atom is 0.242 e. The molecular formula is C24H31BrN2O2S. The third kappa shape index (κ3) is 8.15. The maximum atomic E-state index is 13.1. The van der Waals surface area contributed by atoms with E-state index in [0.717, 1.165) is 28.6 Å². The van der Waals surface area contributed by atoms with Gasteiger partial charge in [-0.05, 0) is 36.1 Å². The number of carbonyl (C=O) groups excluding carboxylic acids is 2. The minimum absolute atomic E-state index is 0.00143. The van der Waals surface area contributed by atoms with Gasteiger partial charge in [-0.1, -0.05) is 78.7 Å². The number of rotatable bonds is 12. The molecule has 2 aromatic rings. The molecule has 162 valence electrons. The fraction of sp³-hybridized carbons (Fsp3) is 0.417. The predicted octanol–water partition coefficient (Wildman–Crippen LogP) is 5.41. The van der Waals surface area contributed by atoms with Crippen molar-refractivity contribution in [1.29, 1.82) is 0 Å². The molecular weight excluding hydrogens is 460 g/mol. The molecule has 0 spiro atoms. The molecule has 2 rings (SSSR count). The van der Waals surface area contributed by atoms with Gasteiger partial charge in [0.2, 0.25) is 11.8 Å². The number of benzene rings is 2. The van der Waals surface area contributed by atoms with Gasteiger partial charge in [0.25, 0.3) is 0 Å². The molecule has 0 saturated carbocycles. The quantitative estimate of drug-likeness (QED) is 0.404. The van der Waals surface area contributed by atoms with Crippen molar-refractivity contribution in [3.63, 3.8) is 0 Å². The Morgan fingerprint density at radius 3 is 2.37 bits per heavy atom. The molecule has 1 N–H and O–H groups in total. The third-order valence-corrected chi connectivity index (χ3v) is 6.34. The Morgan fingerprint density at radius 1 is 1.03 bits per heavy atom. The van der Waals surface area contributed by atoms with Crippen molar-refractivity contribution in [1.82, 2.24) is 10.2 Å². The van der Waals surface area contributed by atoms with Crippen LogP contribution in [0.3, 0.4) is 0 Å². The van der Waals surface area contributed by atoms with E-state index in [1.165, 1.54) is 5.56 Å². The predicted molar refractivity (Wildman–Crippen MR) is 129 cm³/mol. The summed E-state index contributed by atoms with van der Waals surface area (Å²) >= 11 is 5.02. The van der Waals surface area contributed by atoms with Gasteiger partial charge < -0.3 is 10.2 Å². The number of hydrogen-bond donors (Lipinski definition) is 1. The topological polar surface area (TPSA) is 49.4 Å². The van der Waals surface area contributed by atoms with Crippen LogP contribution in [-0.2, 0) is 21.9 Å². The van der Waals surface area contributed by atoms with E-state index in [9.17, 15) is 9.59 Å². The Kier molecular flexibility index (Phi) is 11.0. The molecule has 2 amide bonds. The van der Waals surface area contributed by atoms with E-state index in [1.54, 1.807) is 16.7 Å². The van der Waals surface area contributed by atoms with Crippen LogP contribution >= 0.6 is 27.7 Å². The Labute approximate surface area is 192 Å². The Morgan fingerprint density at radius 2 is 1.73 bits per heavy atom. The van der Waals surface area contributed by atoms with Crippen molar-refractivity contribution >= 4 is 39.5 Å². The van der Waals surface area contributed by atoms with Crippen molar-refractivity contribution in [3.05, 3.63) is 70.2 Å². The SMILES string of the molecule is CCCCNC(=O)[C@@H](CC)N(Cc1ccccc1)C(=O)CSCc1ccc(Br)cc1. The average molecular weight is 491 g/mol. The van der Waals surface area contributed by atoms with Gasteiger partial charge in [-0.25, -0.2) is 0 Å². The van der Waals surface area contributed by atoms with Crippen molar-refractivity contribution < 1.29 is 9.59 Å². The summed E-state index contributed by atoms with van der Waals surface area (Å²) in [6.45, 7) is 5.15. The fourth-order valence-corrected chi connectivity index (χ4v) is 4.26. The second-order valence-electron chi connectivity index (χ2n) is 7.20.